The Hall–Kier alpha value is -4.00. The van der Waals surface area contributed by atoms with E-state index in [0.717, 1.165) is 19.3 Å². The van der Waals surface area contributed by atoms with Crippen LogP contribution < -0.4 is 4.74 Å². The van der Waals surface area contributed by atoms with Gasteiger partial charge in [0.25, 0.3) is 11.7 Å². The zero-order valence-electron chi connectivity index (χ0n) is 19.1. The largest absolute Gasteiger partial charge is 0.507 e. The maximum absolute atomic E-state index is 13.1. The van der Waals surface area contributed by atoms with Gasteiger partial charge in [0.2, 0.25) is 0 Å². The van der Waals surface area contributed by atoms with E-state index in [4.69, 9.17) is 4.74 Å². The molecule has 3 aromatic rings. The van der Waals surface area contributed by atoms with E-state index >= 15 is 0 Å². The van der Waals surface area contributed by atoms with E-state index in [1.54, 1.807) is 67.0 Å². The molecule has 174 valence electrons. The Morgan fingerprint density at radius 2 is 1.71 bits per heavy atom. The third-order valence-corrected chi connectivity index (χ3v) is 5.71. The van der Waals surface area contributed by atoms with Crippen molar-refractivity contribution in [3.05, 3.63) is 95.6 Å². The van der Waals surface area contributed by atoms with Gasteiger partial charge in [-0.3, -0.25) is 19.6 Å². The Morgan fingerprint density at radius 3 is 2.35 bits per heavy atom. The lowest BCUT2D eigenvalue weighted by atomic mass is 9.98. The highest BCUT2D eigenvalue weighted by Gasteiger charge is 2.46. The molecule has 0 aliphatic carbocycles. The Balaban J connectivity index is 1.68. The first kappa shape index (κ1) is 23.2. The molecule has 1 fully saturated rings. The molecule has 3 heterocycles. The van der Waals surface area contributed by atoms with Crippen LogP contribution in [0.15, 0.2) is 78.6 Å². The smallest absolute Gasteiger partial charge is 0.296 e. The number of carbonyl (C=O) groups excluding carboxylic acids is 2. The van der Waals surface area contributed by atoms with E-state index in [1.807, 2.05) is 6.07 Å². The first-order valence-corrected chi connectivity index (χ1v) is 11.4. The number of aromatic nitrogens is 2. The highest BCUT2D eigenvalue weighted by molar-refractivity contribution is 6.46. The van der Waals surface area contributed by atoms with Crippen molar-refractivity contribution >= 4 is 17.4 Å². The predicted molar refractivity (Wildman–Crippen MR) is 128 cm³/mol. The number of rotatable bonds is 9. The summed E-state index contributed by atoms with van der Waals surface area (Å²) in [6.07, 6.45) is 6.42. The summed E-state index contributed by atoms with van der Waals surface area (Å²) in [4.78, 5) is 36.2. The quantitative estimate of drug-likeness (QED) is 0.217. The molecule has 2 aromatic heterocycles. The van der Waals surface area contributed by atoms with Crippen LogP contribution in [-0.2, 0) is 16.1 Å². The second-order valence-corrected chi connectivity index (χ2v) is 8.08. The molecule has 1 aliphatic heterocycles. The number of hydrogen-bond acceptors (Lipinski definition) is 6. The number of likely N-dealkylation sites (tertiary alicyclic amines) is 1. The van der Waals surface area contributed by atoms with Gasteiger partial charge in [-0.25, -0.2) is 0 Å². The van der Waals surface area contributed by atoms with Crippen molar-refractivity contribution in [3.63, 3.8) is 0 Å². The normalized spacial score (nSPS) is 17.2. The van der Waals surface area contributed by atoms with Gasteiger partial charge in [-0.2, -0.15) is 0 Å². The Morgan fingerprint density at radius 1 is 0.971 bits per heavy atom. The standard InChI is InChI=1S/C27H27N3O4/c1-2-3-8-17-34-21-13-11-19(12-14-21)25(31)23-24(22-10-5-7-16-29-22)30(27(33)26(23)32)18-20-9-4-6-15-28-20/h4-7,9-16,24,31H,2-3,8,17-18H2,1H3/b25-23-. The molecule has 7 heteroatoms. The fourth-order valence-corrected chi connectivity index (χ4v) is 3.96. The molecule has 1 N–H and O–H groups in total. The predicted octanol–water partition coefficient (Wildman–Crippen LogP) is 4.67. The van der Waals surface area contributed by atoms with Gasteiger partial charge in [-0.15, -0.1) is 0 Å². The van der Waals surface area contributed by atoms with Gasteiger partial charge in [-0.05, 0) is 55.0 Å². The average Bonchev–Trinajstić information content (AvgIpc) is 3.12. The number of nitrogens with zero attached hydrogens (tertiary/aromatic N) is 3. The molecule has 1 aliphatic rings. The van der Waals surface area contributed by atoms with Crippen LogP contribution in [0.2, 0.25) is 0 Å². The zero-order chi connectivity index (χ0) is 23.9. The Labute approximate surface area is 198 Å². The minimum absolute atomic E-state index is 0.0104. The molecule has 34 heavy (non-hydrogen) atoms. The van der Waals surface area contributed by atoms with Crippen LogP contribution in [0.1, 0.15) is 49.2 Å². The molecule has 1 atom stereocenters. The minimum atomic E-state index is -0.826. The van der Waals surface area contributed by atoms with Crippen molar-refractivity contribution in [3.8, 4) is 5.75 Å². The van der Waals surface area contributed by atoms with Crippen LogP contribution >= 0.6 is 0 Å². The van der Waals surface area contributed by atoms with Gasteiger partial charge in [0.05, 0.1) is 30.1 Å². The lowest BCUT2D eigenvalue weighted by molar-refractivity contribution is -0.140. The van der Waals surface area contributed by atoms with E-state index in [0.29, 0.717) is 29.3 Å². The molecular weight excluding hydrogens is 430 g/mol. The van der Waals surface area contributed by atoms with Gasteiger partial charge in [-0.1, -0.05) is 31.9 Å². The lowest BCUT2D eigenvalue weighted by Gasteiger charge is -2.24. The summed E-state index contributed by atoms with van der Waals surface area (Å²) in [6, 6.07) is 16.7. The summed E-state index contributed by atoms with van der Waals surface area (Å²) in [5.41, 5.74) is 1.57. The average molecular weight is 458 g/mol. The van der Waals surface area contributed by atoms with Crippen molar-refractivity contribution in [1.82, 2.24) is 14.9 Å². The third-order valence-electron chi connectivity index (χ3n) is 5.71. The molecule has 1 aromatic carbocycles. The first-order chi connectivity index (χ1) is 16.6. The second kappa shape index (κ2) is 10.7. The van der Waals surface area contributed by atoms with Crippen LogP contribution in [0.4, 0.5) is 0 Å². The molecule has 7 nitrogen and oxygen atoms in total. The number of ether oxygens (including phenoxy) is 1. The maximum atomic E-state index is 13.1. The summed E-state index contributed by atoms with van der Waals surface area (Å²) in [5.74, 6) is -0.998. The molecule has 0 radical (unpaired) electrons. The lowest BCUT2D eigenvalue weighted by Crippen LogP contribution is -2.29. The molecule has 1 unspecified atom stereocenters. The van der Waals surface area contributed by atoms with Crippen molar-refractivity contribution in [1.29, 1.82) is 0 Å². The number of aliphatic hydroxyl groups is 1. The van der Waals surface area contributed by atoms with E-state index in [1.165, 1.54) is 4.90 Å². The number of pyridine rings is 2. The molecular formula is C27H27N3O4. The highest BCUT2D eigenvalue weighted by atomic mass is 16.5. The second-order valence-electron chi connectivity index (χ2n) is 8.08. The summed E-state index contributed by atoms with van der Waals surface area (Å²) in [6.45, 7) is 2.88. The third kappa shape index (κ3) is 4.98. The Kier molecular flexibility index (Phi) is 7.32. The molecule has 1 saturated heterocycles. The molecule has 1 amide bonds. The SMILES string of the molecule is CCCCCOc1ccc(/C(O)=C2/C(=O)C(=O)N(Cc3ccccn3)C2c2ccccn2)cc1. The molecule has 4 rings (SSSR count). The van der Waals surface area contributed by atoms with Crippen LogP contribution in [0.3, 0.4) is 0 Å². The van der Waals surface area contributed by atoms with E-state index < -0.39 is 17.7 Å². The number of unbranched alkanes of at least 4 members (excludes halogenated alkanes) is 2. The summed E-state index contributed by atoms with van der Waals surface area (Å²) in [7, 11) is 0. The molecule has 0 saturated carbocycles. The van der Waals surface area contributed by atoms with Crippen LogP contribution in [0.5, 0.6) is 5.75 Å². The van der Waals surface area contributed by atoms with Gasteiger partial charge >= 0.3 is 0 Å². The molecule has 0 spiro atoms. The number of hydrogen-bond donors (Lipinski definition) is 1. The minimum Gasteiger partial charge on any atom is -0.507 e. The first-order valence-electron chi connectivity index (χ1n) is 11.4. The van der Waals surface area contributed by atoms with Crippen LogP contribution in [0.25, 0.3) is 5.76 Å². The fourth-order valence-electron chi connectivity index (χ4n) is 3.96. The highest BCUT2D eigenvalue weighted by Crippen LogP contribution is 2.39. The topological polar surface area (TPSA) is 92.6 Å². The van der Waals surface area contributed by atoms with Crippen molar-refractivity contribution in [2.45, 2.75) is 38.8 Å². The van der Waals surface area contributed by atoms with Gasteiger partial charge in [0.15, 0.2) is 0 Å². The van der Waals surface area contributed by atoms with Crippen molar-refractivity contribution < 1.29 is 19.4 Å². The van der Waals surface area contributed by atoms with Crippen LogP contribution in [-0.4, -0.2) is 38.3 Å². The number of Topliss-reactive ketones (excluding diaryl/α,β-unsaturated/α-hetero) is 1. The monoisotopic (exact) mass is 457 g/mol. The van der Waals surface area contributed by atoms with Gasteiger partial charge in [0, 0.05) is 18.0 Å². The fraction of sp³-hybridized carbons (Fsp3) is 0.259. The van der Waals surface area contributed by atoms with Crippen molar-refractivity contribution in [2.24, 2.45) is 0 Å². The molecule has 0 bridgehead atoms. The summed E-state index contributed by atoms with van der Waals surface area (Å²) in [5, 5.41) is 11.2. The number of ketones is 1. The van der Waals surface area contributed by atoms with E-state index in [2.05, 4.69) is 16.9 Å². The summed E-state index contributed by atoms with van der Waals surface area (Å²) >= 11 is 0. The summed E-state index contributed by atoms with van der Waals surface area (Å²) < 4.78 is 5.74. The van der Waals surface area contributed by atoms with E-state index in [9.17, 15) is 14.7 Å². The van der Waals surface area contributed by atoms with E-state index in [-0.39, 0.29) is 17.9 Å². The van der Waals surface area contributed by atoms with Gasteiger partial charge < -0.3 is 14.7 Å². The Bertz CT molecular complexity index is 1160. The number of aliphatic hydroxyl groups excluding tert-OH is 1. The number of amides is 1. The van der Waals surface area contributed by atoms with Crippen LogP contribution in [0, 0.1) is 0 Å². The maximum Gasteiger partial charge on any atom is 0.296 e. The zero-order valence-corrected chi connectivity index (χ0v) is 19.1. The van der Waals surface area contributed by atoms with Gasteiger partial charge in [0.1, 0.15) is 17.6 Å². The number of benzene rings is 1. The van der Waals surface area contributed by atoms with Crippen molar-refractivity contribution in [2.75, 3.05) is 6.61 Å². The number of carbonyl (C=O) groups is 2.